The fraction of sp³-hybridized carbons (Fsp3) is 0.318. The fourth-order valence-electron chi connectivity index (χ4n) is 3.43. The maximum absolute atomic E-state index is 13.6. The Morgan fingerprint density at radius 2 is 2.30 bits per heavy atom. The van der Waals surface area contributed by atoms with E-state index in [0.717, 1.165) is 27.9 Å². The van der Waals surface area contributed by atoms with Crippen LogP contribution >= 0.6 is 0 Å². The van der Waals surface area contributed by atoms with E-state index in [-0.39, 0.29) is 0 Å². The van der Waals surface area contributed by atoms with Gasteiger partial charge in [-0.2, -0.15) is 10.2 Å². The van der Waals surface area contributed by atoms with Gasteiger partial charge in [-0.3, -0.25) is 5.10 Å². The van der Waals surface area contributed by atoms with E-state index in [0.29, 0.717) is 38.5 Å². The third-order valence-electron chi connectivity index (χ3n) is 5.05. The molecule has 4 rings (SSSR count). The van der Waals surface area contributed by atoms with Gasteiger partial charge in [-0.05, 0) is 25.0 Å². The summed E-state index contributed by atoms with van der Waals surface area (Å²) in [6, 6.07) is 2.02. The molecule has 4 heterocycles. The Kier molecular flexibility index (Phi) is 6.04. The predicted molar refractivity (Wildman–Crippen MR) is 116 cm³/mol. The third-order valence-corrected chi connectivity index (χ3v) is 5.05. The van der Waals surface area contributed by atoms with Gasteiger partial charge in [0.25, 0.3) is 0 Å². The topological polar surface area (TPSA) is 71.9 Å². The first-order chi connectivity index (χ1) is 14.7. The minimum atomic E-state index is -0.805. The number of halogens is 1. The van der Waals surface area contributed by atoms with Crippen LogP contribution in [0.4, 0.5) is 10.2 Å². The quantitative estimate of drug-likeness (QED) is 0.570. The third kappa shape index (κ3) is 4.33. The zero-order chi connectivity index (χ0) is 20.9. The maximum Gasteiger partial charge on any atom is 0.160 e. The molecule has 156 valence electrons. The highest BCUT2D eigenvalue weighted by Crippen LogP contribution is 2.30. The van der Waals surface area contributed by atoms with Gasteiger partial charge >= 0.3 is 0 Å². The Morgan fingerprint density at radius 3 is 3.07 bits per heavy atom. The Hall–Kier alpha value is -3.26. The molecule has 0 aromatic carbocycles. The highest BCUT2D eigenvalue weighted by atomic mass is 19.1. The fourth-order valence-corrected chi connectivity index (χ4v) is 3.43. The molecule has 1 atom stereocenters. The van der Waals surface area contributed by atoms with Crippen molar-refractivity contribution in [1.82, 2.24) is 25.0 Å². The van der Waals surface area contributed by atoms with Crippen molar-refractivity contribution in [1.29, 1.82) is 0 Å². The van der Waals surface area contributed by atoms with Gasteiger partial charge in [-0.25, -0.2) is 14.1 Å². The van der Waals surface area contributed by atoms with Gasteiger partial charge in [0.05, 0.1) is 24.7 Å². The molecule has 0 unspecified atom stereocenters. The van der Waals surface area contributed by atoms with E-state index in [2.05, 4.69) is 26.9 Å². The average Bonchev–Trinajstić information content (AvgIpc) is 3.49. The second-order valence-corrected chi connectivity index (χ2v) is 7.22. The molecule has 0 aliphatic carbocycles. The molecule has 0 bridgehead atoms. The molecule has 8 heteroatoms. The van der Waals surface area contributed by atoms with Crippen LogP contribution in [0.2, 0.25) is 0 Å². The minimum Gasteiger partial charge on any atom is -0.355 e. The molecule has 0 amide bonds. The van der Waals surface area contributed by atoms with Crippen LogP contribution < -0.4 is 4.90 Å². The number of nitrogens with zero attached hydrogens (tertiary/aromatic N) is 5. The lowest BCUT2D eigenvalue weighted by Gasteiger charge is -2.14. The number of allylic oxidation sites excluding steroid dienone is 3. The molecule has 30 heavy (non-hydrogen) atoms. The van der Waals surface area contributed by atoms with Gasteiger partial charge < -0.3 is 9.64 Å². The summed E-state index contributed by atoms with van der Waals surface area (Å²) in [5, 5.41) is 12.5. The second-order valence-electron chi connectivity index (χ2n) is 7.22. The predicted octanol–water partition coefficient (Wildman–Crippen LogP) is 4.03. The first kappa shape index (κ1) is 20.0. The number of anilines is 1. The molecule has 1 fully saturated rings. The van der Waals surface area contributed by atoms with Crippen molar-refractivity contribution in [2.45, 2.75) is 26.2 Å². The van der Waals surface area contributed by atoms with Crippen LogP contribution in [0, 0.1) is 0 Å². The van der Waals surface area contributed by atoms with Gasteiger partial charge in [0.1, 0.15) is 12.9 Å². The summed E-state index contributed by atoms with van der Waals surface area (Å²) in [7, 11) is 0. The smallest absolute Gasteiger partial charge is 0.160 e. The molecule has 0 radical (unpaired) electrons. The van der Waals surface area contributed by atoms with Crippen LogP contribution in [0.5, 0.6) is 0 Å². The summed E-state index contributed by atoms with van der Waals surface area (Å²) >= 11 is 0. The molecule has 1 N–H and O–H groups in total. The molecule has 3 aromatic heterocycles. The summed E-state index contributed by atoms with van der Waals surface area (Å²) < 4.78 is 21.1. The van der Waals surface area contributed by atoms with Crippen molar-refractivity contribution in [2.24, 2.45) is 0 Å². The second kappa shape index (κ2) is 9.04. The number of fused-ring (bicyclic) bond motifs is 1. The van der Waals surface area contributed by atoms with Gasteiger partial charge in [0.2, 0.25) is 0 Å². The van der Waals surface area contributed by atoms with E-state index >= 15 is 0 Å². The van der Waals surface area contributed by atoms with E-state index in [1.165, 1.54) is 0 Å². The van der Waals surface area contributed by atoms with Crippen molar-refractivity contribution in [3.8, 4) is 11.1 Å². The summed E-state index contributed by atoms with van der Waals surface area (Å²) in [6.07, 6.45) is 12.9. The monoisotopic (exact) mass is 408 g/mol. The number of aromatic amines is 1. The van der Waals surface area contributed by atoms with Crippen LogP contribution in [0.3, 0.4) is 0 Å². The lowest BCUT2D eigenvalue weighted by atomic mass is 10.1. The number of alkyl halides is 1. The average molecular weight is 408 g/mol. The molecule has 1 aliphatic rings. The SMILES string of the molecule is C=C/C(=C\C=C/C)COCn1cc(-c2cnc3[nH]nc(N4CC[C@H](F)C4)c3c2)cn1. The first-order valence-electron chi connectivity index (χ1n) is 9.96. The maximum atomic E-state index is 13.6. The van der Waals surface area contributed by atoms with Gasteiger partial charge in [0, 0.05) is 30.1 Å². The summed E-state index contributed by atoms with van der Waals surface area (Å²) in [5.41, 5.74) is 3.54. The number of H-pyrrole nitrogens is 1. The Labute approximate surface area is 174 Å². The van der Waals surface area contributed by atoms with Crippen molar-refractivity contribution >= 4 is 16.9 Å². The van der Waals surface area contributed by atoms with Crippen molar-refractivity contribution in [3.63, 3.8) is 0 Å². The number of rotatable bonds is 8. The van der Waals surface area contributed by atoms with E-state index in [1.807, 2.05) is 42.3 Å². The molecule has 1 aliphatic heterocycles. The number of ether oxygens (including phenoxy) is 1. The van der Waals surface area contributed by atoms with Crippen molar-refractivity contribution in [3.05, 3.63) is 61.1 Å². The summed E-state index contributed by atoms with van der Waals surface area (Å²) in [6.45, 7) is 7.59. The molecule has 0 saturated carbocycles. The van der Waals surface area contributed by atoms with Gasteiger partial charge in [0.15, 0.2) is 11.5 Å². The van der Waals surface area contributed by atoms with Gasteiger partial charge in [-0.1, -0.05) is 30.9 Å². The standard InChI is InChI=1S/C22H25FN6O/c1-3-5-6-16(4-2)14-30-15-29-12-18(11-25-29)17-9-20-21(24-10-17)26-27-22(20)28-8-7-19(23)13-28/h3-6,9-12,19H,2,7-8,13-15H2,1H3,(H,24,26,27)/b5-3-,16-6+/t19-/m0/s1. The number of hydrogen-bond acceptors (Lipinski definition) is 5. The van der Waals surface area contributed by atoms with Crippen LogP contribution in [-0.4, -0.2) is 50.8 Å². The Bertz CT molecular complexity index is 1080. The molecule has 0 spiro atoms. The lowest BCUT2D eigenvalue weighted by molar-refractivity contribution is 0.0876. The van der Waals surface area contributed by atoms with Crippen LogP contribution in [0.25, 0.3) is 22.2 Å². The zero-order valence-electron chi connectivity index (χ0n) is 17.0. The number of nitrogens with one attached hydrogen (secondary N) is 1. The van der Waals surface area contributed by atoms with E-state index in [9.17, 15) is 4.39 Å². The van der Waals surface area contributed by atoms with Crippen LogP contribution in [-0.2, 0) is 11.5 Å². The molecule has 3 aromatic rings. The normalized spacial score (nSPS) is 17.5. The highest BCUT2D eigenvalue weighted by Gasteiger charge is 2.25. The Balaban J connectivity index is 1.47. The van der Waals surface area contributed by atoms with Crippen LogP contribution in [0.1, 0.15) is 13.3 Å². The number of aromatic nitrogens is 5. The summed E-state index contributed by atoms with van der Waals surface area (Å²) in [5.74, 6) is 0.750. The van der Waals surface area contributed by atoms with Crippen molar-refractivity contribution < 1.29 is 9.13 Å². The minimum absolute atomic E-state index is 0.333. The first-order valence-corrected chi connectivity index (χ1v) is 9.96. The van der Waals surface area contributed by atoms with Gasteiger partial charge in [-0.15, -0.1) is 0 Å². The number of hydrogen-bond donors (Lipinski definition) is 1. The highest BCUT2D eigenvalue weighted by molar-refractivity contribution is 5.90. The van der Waals surface area contributed by atoms with E-state index in [1.54, 1.807) is 23.2 Å². The Morgan fingerprint density at radius 1 is 1.40 bits per heavy atom. The number of pyridine rings is 1. The molecular formula is C22H25FN6O. The van der Waals surface area contributed by atoms with Crippen molar-refractivity contribution in [2.75, 3.05) is 24.6 Å². The van der Waals surface area contributed by atoms with E-state index < -0.39 is 6.17 Å². The zero-order valence-corrected chi connectivity index (χ0v) is 17.0. The summed E-state index contributed by atoms with van der Waals surface area (Å²) in [4.78, 5) is 6.43. The molecular weight excluding hydrogens is 383 g/mol. The van der Waals surface area contributed by atoms with E-state index in [4.69, 9.17) is 4.74 Å². The molecule has 7 nitrogen and oxygen atoms in total. The van der Waals surface area contributed by atoms with Crippen LogP contribution in [0.15, 0.2) is 61.1 Å². The molecule has 1 saturated heterocycles. The largest absolute Gasteiger partial charge is 0.355 e. The lowest BCUT2D eigenvalue weighted by Crippen LogP contribution is -2.20.